The fourth-order valence-electron chi connectivity index (χ4n) is 3.98. The van der Waals surface area contributed by atoms with E-state index < -0.39 is 113 Å². The highest BCUT2D eigenvalue weighted by atomic mass is 32.2. The van der Waals surface area contributed by atoms with Crippen molar-refractivity contribution in [2.75, 3.05) is 0 Å². The SMILES string of the molecule is O=C(O)c1cc([N+](=O)[O-])ccc1/N=N/c1c(S(=O)(=O)O)cc2cc(SOOO)c(/N=N/c3ccc([N+](=O)[O-])cc3S(=O)(=O)O)c(O)c2c1O. The minimum Gasteiger partial charge on any atom is -0.505 e. The van der Waals surface area contributed by atoms with E-state index in [1.54, 1.807) is 0 Å². The molecule has 256 valence electrons. The zero-order valence-electron chi connectivity index (χ0n) is 23.2. The second-order valence-corrected chi connectivity index (χ2v) is 12.5. The molecule has 0 heterocycles. The molecule has 4 aromatic carbocycles. The van der Waals surface area contributed by atoms with Crippen LogP contribution < -0.4 is 0 Å². The van der Waals surface area contributed by atoms with Crippen molar-refractivity contribution in [1.82, 2.24) is 0 Å². The van der Waals surface area contributed by atoms with Crippen LogP contribution in [0.3, 0.4) is 0 Å². The van der Waals surface area contributed by atoms with Crippen LogP contribution in [0.1, 0.15) is 10.4 Å². The molecule has 4 aromatic rings. The summed E-state index contributed by atoms with van der Waals surface area (Å²) in [5.41, 5.74) is -5.32. The topological polar surface area (TPSA) is 361 Å². The van der Waals surface area contributed by atoms with E-state index in [0.29, 0.717) is 18.2 Å². The van der Waals surface area contributed by atoms with Crippen molar-refractivity contribution in [3.05, 3.63) is 74.3 Å². The van der Waals surface area contributed by atoms with E-state index in [2.05, 4.69) is 29.8 Å². The molecule has 26 heteroatoms. The van der Waals surface area contributed by atoms with Crippen LogP contribution in [0.25, 0.3) is 10.8 Å². The first kappa shape index (κ1) is 36.1. The van der Waals surface area contributed by atoms with Gasteiger partial charge in [-0.25, -0.2) is 10.1 Å². The molecule has 0 amide bonds. The number of carbonyl (C=O) groups is 1. The predicted molar refractivity (Wildman–Crippen MR) is 159 cm³/mol. The van der Waals surface area contributed by atoms with Gasteiger partial charge in [0.15, 0.2) is 11.5 Å². The molecule has 0 bridgehead atoms. The zero-order valence-corrected chi connectivity index (χ0v) is 25.7. The number of nitro groups is 2. The number of nitrogens with zero attached hydrogens (tertiary/aromatic N) is 6. The summed E-state index contributed by atoms with van der Waals surface area (Å²) in [5.74, 6) is -4.06. The van der Waals surface area contributed by atoms with Crippen LogP contribution >= 0.6 is 12.0 Å². The largest absolute Gasteiger partial charge is 0.505 e. The van der Waals surface area contributed by atoms with Gasteiger partial charge in [0.1, 0.15) is 32.5 Å². The summed E-state index contributed by atoms with van der Waals surface area (Å²) < 4.78 is 72.1. The third kappa shape index (κ3) is 7.71. The molecule has 0 radical (unpaired) electrons. The predicted octanol–water partition coefficient (Wildman–Crippen LogP) is 5.52. The van der Waals surface area contributed by atoms with E-state index in [4.69, 9.17) is 5.26 Å². The van der Waals surface area contributed by atoms with Gasteiger partial charge < -0.3 is 15.3 Å². The van der Waals surface area contributed by atoms with Crippen molar-refractivity contribution < 1.29 is 70.5 Å². The fourth-order valence-corrected chi connectivity index (χ4v) is 5.77. The highest BCUT2D eigenvalue weighted by Crippen LogP contribution is 2.51. The summed E-state index contributed by atoms with van der Waals surface area (Å²) in [7, 11) is -10.5. The highest BCUT2D eigenvalue weighted by molar-refractivity contribution is 7.94. The van der Waals surface area contributed by atoms with Crippen molar-refractivity contribution in [2.24, 2.45) is 20.5 Å². The molecule has 23 nitrogen and oxygen atoms in total. The number of fused-ring (bicyclic) bond motifs is 1. The van der Waals surface area contributed by atoms with Crippen LogP contribution in [0.4, 0.5) is 34.1 Å². The molecular formula is C23H14N6O17S3. The van der Waals surface area contributed by atoms with Crippen LogP contribution in [0, 0.1) is 20.2 Å². The molecule has 6 N–H and O–H groups in total. The van der Waals surface area contributed by atoms with E-state index in [1.165, 1.54) is 0 Å². The number of hydrogen-bond donors (Lipinski definition) is 6. The molecule has 0 aromatic heterocycles. The number of aromatic hydroxyl groups is 2. The smallest absolute Gasteiger partial charge is 0.338 e. The van der Waals surface area contributed by atoms with E-state index in [-0.39, 0.29) is 12.0 Å². The summed E-state index contributed by atoms with van der Waals surface area (Å²) in [4.78, 5) is 29.3. The molecule has 0 spiro atoms. The van der Waals surface area contributed by atoms with Gasteiger partial charge in [0.05, 0.1) is 37.7 Å². The first-order valence-corrected chi connectivity index (χ1v) is 15.8. The van der Waals surface area contributed by atoms with Crippen molar-refractivity contribution in [1.29, 1.82) is 0 Å². The lowest BCUT2D eigenvalue weighted by molar-refractivity contribution is -0.432. The second-order valence-electron chi connectivity index (χ2n) is 8.99. The zero-order chi connectivity index (χ0) is 36.4. The second kappa shape index (κ2) is 13.8. The molecule has 4 rings (SSSR count). The minimum atomic E-state index is -5.30. The van der Waals surface area contributed by atoms with Crippen molar-refractivity contribution in [2.45, 2.75) is 14.7 Å². The number of carboxylic acid groups (broad SMARTS) is 1. The Morgan fingerprint density at radius 2 is 1.29 bits per heavy atom. The van der Waals surface area contributed by atoms with Crippen molar-refractivity contribution >= 4 is 83.1 Å². The van der Waals surface area contributed by atoms with Gasteiger partial charge in [-0.05, 0) is 29.7 Å². The molecule has 0 unspecified atom stereocenters. The molecule has 0 aliphatic carbocycles. The average Bonchev–Trinajstić information content (AvgIpc) is 3.01. The number of rotatable bonds is 12. The molecule has 0 fully saturated rings. The Kier molecular flexibility index (Phi) is 10.2. The van der Waals surface area contributed by atoms with Crippen molar-refractivity contribution in [3.8, 4) is 11.5 Å². The van der Waals surface area contributed by atoms with Gasteiger partial charge in [-0.3, -0.25) is 29.3 Å². The van der Waals surface area contributed by atoms with E-state index >= 15 is 0 Å². The Labute approximate surface area is 274 Å². The van der Waals surface area contributed by atoms with Gasteiger partial charge in [-0.2, -0.15) is 16.8 Å². The van der Waals surface area contributed by atoms with Gasteiger partial charge in [-0.15, -0.1) is 24.8 Å². The van der Waals surface area contributed by atoms with Crippen LogP contribution in [0.15, 0.2) is 83.7 Å². The number of non-ortho nitro benzene ring substituents is 2. The maximum absolute atomic E-state index is 12.3. The lowest BCUT2D eigenvalue weighted by atomic mass is 10.1. The molecule has 0 aliphatic rings. The number of azo groups is 2. The van der Waals surface area contributed by atoms with Crippen molar-refractivity contribution in [3.63, 3.8) is 0 Å². The van der Waals surface area contributed by atoms with Gasteiger partial charge >= 0.3 is 5.97 Å². The number of benzene rings is 4. The summed E-state index contributed by atoms with van der Waals surface area (Å²) in [6.07, 6.45) is 0. The monoisotopic (exact) mass is 742 g/mol. The van der Waals surface area contributed by atoms with Gasteiger partial charge in [0, 0.05) is 24.3 Å². The summed E-state index contributed by atoms with van der Waals surface area (Å²) in [6, 6.07) is 5.85. The van der Waals surface area contributed by atoms with Gasteiger partial charge in [0.2, 0.25) is 0 Å². The van der Waals surface area contributed by atoms with Crippen LogP contribution in [-0.2, 0) is 29.6 Å². The van der Waals surface area contributed by atoms with Crippen LogP contribution in [-0.4, -0.2) is 62.3 Å². The molecule has 0 aliphatic heterocycles. The van der Waals surface area contributed by atoms with E-state index in [9.17, 15) is 66.3 Å². The minimum absolute atomic E-state index is 0.0837. The first-order valence-electron chi connectivity index (χ1n) is 12.1. The fraction of sp³-hybridized carbons (Fsp3) is 0. The molecular weight excluding hydrogens is 728 g/mol. The Bertz CT molecular complexity index is 2350. The normalized spacial score (nSPS) is 12.2. The summed E-state index contributed by atoms with van der Waals surface area (Å²) in [6.45, 7) is 0. The lowest BCUT2D eigenvalue weighted by Crippen LogP contribution is -2.00. The maximum Gasteiger partial charge on any atom is 0.338 e. The Balaban J connectivity index is 2.00. The summed E-state index contributed by atoms with van der Waals surface area (Å²) >= 11 is 0.0837. The molecule has 0 saturated carbocycles. The van der Waals surface area contributed by atoms with Gasteiger partial charge in [-0.1, -0.05) is 5.04 Å². The number of phenolic OH excluding ortho intramolecular Hbond substituents is 2. The quantitative estimate of drug-likeness (QED) is 0.0260. The Morgan fingerprint density at radius 3 is 1.84 bits per heavy atom. The number of aromatic carboxylic acids is 1. The molecule has 49 heavy (non-hydrogen) atoms. The van der Waals surface area contributed by atoms with E-state index in [0.717, 1.165) is 30.3 Å². The third-order valence-corrected chi connectivity index (χ3v) is 8.42. The highest BCUT2D eigenvalue weighted by Gasteiger charge is 2.27. The number of carboxylic acids is 1. The lowest BCUT2D eigenvalue weighted by Gasteiger charge is -2.13. The standard InChI is InChI=1S/C23H14N6O17S3/c30-21-18-9(5-15(47-46-45-38)19(21)26-25-14-4-2-11(29(36)37)8-16(14)48(39,40)41)6-17(49(42,43)44)20(22(18)31)27-24-13-3-1-10(28(34)35)7-12(13)23(32)33/h1-8,30-31,38H,(H,32,33)(H,39,40,41)(H,42,43,44)/b26-25+,27-24+. The molecule has 0 saturated heterocycles. The number of hydrogen-bond acceptors (Lipinski definition) is 19. The molecule has 0 atom stereocenters. The van der Waals surface area contributed by atoms with Crippen LogP contribution in [0.5, 0.6) is 11.5 Å². The third-order valence-electron chi connectivity index (χ3n) is 6.05. The van der Waals surface area contributed by atoms with E-state index in [1.807, 2.05) is 0 Å². The Hall–Kier alpha value is -5.74. The average molecular weight is 743 g/mol. The number of nitro benzene ring substituents is 2. The van der Waals surface area contributed by atoms with Gasteiger partial charge in [0.25, 0.3) is 31.6 Å². The first-order chi connectivity index (χ1) is 22.8. The maximum atomic E-state index is 12.3. The summed E-state index contributed by atoms with van der Waals surface area (Å²) in [5, 5.41) is 79.2. The Morgan fingerprint density at radius 1 is 0.755 bits per heavy atom. The number of phenols is 2. The van der Waals surface area contributed by atoms with Crippen LogP contribution in [0.2, 0.25) is 0 Å².